The molecule has 0 aliphatic carbocycles. The molecule has 4 heteroatoms. The summed E-state index contributed by atoms with van der Waals surface area (Å²) in [6.07, 6.45) is 1.53. The third kappa shape index (κ3) is 3.01. The molecule has 1 aromatic rings. The fraction of sp³-hybridized carbons (Fsp3) is 0.273. The molecule has 1 aromatic carbocycles. The molecule has 0 radical (unpaired) electrons. The standard InChI is InChI=1S/C11H11F3O/c1-3-7(2)9-6-8(12)4-5-10(9)15-11(13)14/h3-7,11H,1H2,2H3. The normalized spacial score (nSPS) is 12.6. The zero-order chi connectivity index (χ0) is 11.4. The van der Waals surface area contributed by atoms with Crippen molar-refractivity contribution in [2.45, 2.75) is 19.5 Å². The molecule has 0 aromatic heterocycles. The first-order valence-electron chi connectivity index (χ1n) is 4.41. The summed E-state index contributed by atoms with van der Waals surface area (Å²) in [5.41, 5.74) is 0.366. The van der Waals surface area contributed by atoms with E-state index in [2.05, 4.69) is 11.3 Å². The first-order chi connectivity index (χ1) is 7.04. The molecular weight excluding hydrogens is 205 g/mol. The van der Waals surface area contributed by atoms with E-state index >= 15 is 0 Å². The van der Waals surface area contributed by atoms with Crippen LogP contribution in [0.1, 0.15) is 18.4 Å². The van der Waals surface area contributed by atoms with Crippen molar-refractivity contribution in [2.75, 3.05) is 0 Å². The van der Waals surface area contributed by atoms with Gasteiger partial charge in [0.05, 0.1) is 0 Å². The van der Waals surface area contributed by atoms with E-state index in [0.29, 0.717) is 5.56 Å². The Morgan fingerprint density at radius 2 is 2.07 bits per heavy atom. The Hall–Kier alpha value is -1.45. The molecule has 82 valence electrons. The minimum absolute atomic E-state index is 0.0150. The summed E-state index contributed by atoms with van der Waals surface area (Å²) in [6.45, 7) is 2.33. The van der Waals surface area contributed by atoms with Crippen LogP contribution in [-0.2, 0) is 0 Å². The molecule has 15 heavy (non-hydrogen) atoms. The van der Waals surface area contributed by atoms with Crippen LogP contribution in [0, 0.1) is 5.82 Å². The largest absolute Gasteiger partial charge is 0.435 e. The number of halogens is 3. The molecule has 0 N–H and O–H groups in total. The van der Waals surface area contributed by atoms with Crippen LogP contribution < -0.4 is 4.74 Å². The molecule has 0 spiro atoms. The Kier molecular flexibility index (Phi) is 3.77. The SMILES string of the molecule is C=CC(C)c1cc(F)ccc1OC(F)F. The number of hydrogen-bond acceptors (Lipinski definition) is 1. The Bertz CT molecular complexity index is 350. The molecular formula is C11H11F3O. The van der Waals surface area contributed by atoms with Gasteiger partial charge >= 0.3 is 6.61 Å². The van der Waals surface area contributed by atoms with E-state index in [4.69, 9.17) is 0 Å². The highest BCUT2D eigenvalue weighted by atomic mass is 19.3. The highest BCUT2D eigenvalue weighted by Gasteiger charge is 2.13. The van der Waals surface area contributed by atoms with E-state index in [1.165, 1.54) is 18.2 Å². The average molecular weight is 216 g/mol. The van der Waals surface area contributed by atoms with E-state index in [1.54, 1.807) is 6.92 Å². The summed E-state index contributed by atoms with van der Waals surface area (Å²) in [4.78, 5) is 0. The third-order valence-corrected chi connectivity index (χ3v) is 2.03. The van der Waals surface area contributed by atoms with E-state index in [1.807, 2.05) is 0 Å². The van der Waals surface area contributed by atoms with Crippen LogP contribution >= 0.6 is 0 Å². The molecule has 0 aliphatic heterocycles. The second kappa shape index (κ2) is 4.87. The second-order valence-electron chi connectivity index (χ2n) is 3.09. The van der Waals surface area contributed by atoms with Gasteiger partial charge in [0.15, 0.2) is 0 Å². The number of rotatable bonds is 4. The van der Waals surface area contributed by atoms with Gasteiger partial charge in [0.1, 0.15) is 11.6 Å². The Balaban J connectivity index is 3.08. The van der Waals surface area contributed by atoms with Crippen LogP contribution in [0.2, 0.25) is 0 Å². The molecule has 0 saturated heterocycles. The van der Waals surface area contributed by atoms with Gasteiger partial charge in [-0.2, -0.15) is 8.78 Å². The van der Waals surface area contributed by atoms with E-state index in [-0.39, 0.29) is 11.7 Å². The molecule has 0 fully saturated rings. The summed E-state index contributed by atoms with van der Waals surface area (Å²) in [5.74, 6) is -0.742. The lowest BCUT2D eigenvalue weighted by Gasteiger charge is -2.13. The molecule has 0 aliphatic rings. The molecule has 1 atom stereocenters. The predicted octanol–water partition coefficient (Wildman–Crippen LogP) is 3.72. The topological polar surface area (TPSA) is 9.23 Å². The third-order valence-electron chi connectivity index (χ3n) is 2.03. The second-order valence-corrected chi connectivity index (χ2v) is 3.09. The van der Waals surface area contributed by atoms with Crippen molar-refractivity contribution < 1.29 is 17.9 Å². The smallest absolute Gasteiger partial charge is 0.387 e. The Morgan fingerprint density at radius 1 is 1.40 bits per heavy atom. The Morgan fingerprint density at radius 3 is 2.60 bits per heavy atom. The minimum atomic E-state index is -2.91. The van der Waals surface area contributed by atoms with Gasteiger partial charge in [-0.15, -0.1) is 6.58 Å². The zero-order valence-corrected chi connectivity index (χ0v) is 8.21. The van der Waals surface area contributed by atoms with Crippen LogP contribution in [0.4, 0.5) is 13.2 Å². The van der Waals surface area contributed by atoms with Crippen molar-refractivity contribution in [2.24, 2.45) is 0 Å². The number of hydrogen-bond donors (Lipinski definition) is 0. The summed E-state index contributed by atoms with van der Waals surface area (Å²) < 4.78 is 41.2. The fourth-order valence-electron chi connectivity index (χ4n) is 1.21. The molecule has 0 saturated carbocycles. The van der Waals surface area contributed by atoms with Gasteiger partial charge in [0, 0.05) is 11.5 Å². The van der Waals surface area contributed by atoms with Gasteiger partial charge in [-0.05, 0) is 18.2 Å². The fourth-order valence-corrected chi connectivity index (χ4v) is 1.21. The van der Waals surface area contributed by atoms with Crippen LogP contribution in [0.5, 0.6) is 5.75 Å². The highest BCUT2D eigenvalue weighted by molar-refractivity contribution is 5.38. The predicted molar refractivity (Wildman–Crippen MR) is 51.6 cm³/mol. The van der Waals surface area contributed by atoms with Crippen molar-refractivity contribution in [1.82, 2.24) is 0 Å². The number of benzene rings is 1. The first kappa shape index (κ1) is 11.6. The van der Waals surface area contributed by atoms with E-state index in [0.717, 1.165) is 6.07 Å². The van der Waals surface area contributed by atoms with Crippen molar-refractivity contribution >= 4 is 0 Å². The Labute approximate surface area is 86.2 Å². The van der Waals surface area contributed by atoms with Gasteiger partial charge in [0.25, 0.3) is 0 Å². The van der Waals surface area contributed by atoms with Crippen LogP contribution in [0.15, 0.2) is 30.9 Å². The van der Waals surface area contributed by atoms with Gasteiger partial charge in [-0.25, -0.2) is 4.39 Å². The molecule has 0 amide bonds. The van der Waals surface area contributed by atoms with Crippen molar-refractivity contribution in [3.05, 3.63) is 42.2 Å². The van der Waals surface area contributed by atoms with E-state index < -0.39 is 12.4 Å². The number of alkyl halides is 2. The molecule has 1 rings (SSSR count). The van der Waals surface area contributed by atoms with E-state index in [9.17, 15) is 13.2 Å². The monoisotopic (exact) mass is 216 g/mol. The van der Waals surface area contributed by atoms with Gasteiger partial charge in [-0.3, -0.25) is 0 Å². The quantitative estimate of drug-likeness (QED) is 0.697. The summed E-state index contributed by atoms with van der Waals surface area (Å²) in [5, 5.41) is 0. The van der Waals surface area contributed by atoms with Crippen molar-refractivity contribution in [1.29, 1.82) is 0 Å². The average Bonchev–Trinajstić information content (AvgIpc) is 2.19. The van der Waals surface area contributed by atoms with Crippen molar-refractivity contribution in [3.63, 3.8) is 0 Å². The summed E-state index contributed by atoms with van der Waals surface area (Å²) in [6, 6.07) is 3.44. The number of allylic oxidation sites excluding steroid dienone is 1. The van der Waals surface area contributed by atoms with Gasteiger partial charge in [-0.1, -0.05) is 13.0 Å². The van der Waals surface area contributed by atoms with Gasteiger partial charge < -0.3 is 4.74 Å². The van der Waals surface area contributed by atoms with Crippen LogP contribution in [0.25, 0.3) is 0 Å². The molecule has 0 heterocycles. The molecule has 1 nitrogen and oxygen atoms in total. The van der Waals surface area contributed by atoms with Crippen LogP contribution in [0.3, 0.4) is 0 Å². The van der Waals surface area contributed by atoms with Gasteiger partial charge in [0.2, 0.25) is 0 Å². The lowest BCUT2D eigenvalue weighted by atomic mass is 10.0. The maximum Gasteiger partial charge on any atom is 0.387 e. The molecule has 0 bridgehead atoms. The highest BCUT2D eigenvalue weighted by Crippen LogP contribution is 2.29. The number of ether oxygens (including phenoxy) is 1. The van der Waals surface area contributed by atoms with Crippen LogP contribution in [-0.4, -0.2) is 6.61 Å². The lowest BCUT2D eigenvalue weighted by Crippen LogP contribution is -2.05. The molecule has 1 unspecified atom stereocenters. The maximum atomic E-state index is 12.9. The summed E-state index contributed by atoms with van der Waals surface area (Å²) >= 11 is 0. The first-order valence-corrected chi connectivity index (χ1v) is 4.41. The lowest BCUT2D eigenvalue weighted by molar-refractivity contribution is -0.0505. The zero-order valence-electron chi connectivity index (χ0n) is 8.21. The van der Waals surface area contributed by atoms with Crippen molar-refractivity contribution in [3.8, 4) is 5.75 Å². The summed E-state index contributed by atoms with van der Waals surface area (Å²) in [7, 11) is 0. The minimum Gasteiger partial charge on any atom is -0.435 e. The maximum absolute atomic E-state index is 12.9.